The Hall–Kier alpha value is -1.02. The van der Waals surface area contributed by atoms with Gasteiger partial charge in [0.25, 0.3) is 0 Å². The molecule has 1 heterocycles. The molecule has 17 heavy (non-hydrogen) atoms. The van der Waals surface area contributed by atoms with Crippen LogP contribution >= 0.6 is 0 Å². The van der Waals surface area contributed by atoms with Crippen molar-refractivity contribution in [3.63, 3.8) is 0 Å². The Balaban J connectivity index is 2.01. The fourth-order valence-corrected chi connectivity index (χ4v) is 3.47. The van der Waals surface area contributed by atoms with E-state index in [-0.39, 0.29) is 11.6 Å². The second-order valence-electron chi connectivity index (χ2n) is 5.81. The summed E-state index contributed by atoms with van der Waals surface area (Å²) in [6.07, 6.45) is 4.68. The zero-order valence-corrected chi connectivity index (χ0v) is 10.7. The van der Waals surface area contributed by atoms with Crippen molar-refractivity contribution in [1.29, 1.82) is 0 Å². The molecule has 2 heteroatoms. The molecule has 0 saturated heterocycles. The van der Waals surface area contributed by atoms with E-state index in [1.165, 1.54) is 24.0 Å². The first kappa shape index (κ1) is 11.1. The van der Waals surface area contributed by atoms with Crippen molar-refractivity contribution in [2.45, 2.75) is 51.2 Å². The number of ether oxygens (including phenoxy) is 1. The fourth-order valence-electron chi connectivity index (χ4n) is 3.47. The third kappa shape index (κ3) is 1.66. The second-order valence-corrected chi connectivity index (χ2v) is 5.81. The van der Waals surface area contributed by atoms with Crippen LogP contribution in [0.5, 0.6) is 5.75 Å². The first-order valence-electron chi connectivity index (χ1n) is 6.66. The number of aryl methyl sites for hydroxylation is 1. The van der Waals surface area contributed by atoms with Crippen LogP contribution in [-0.4, -0.2) is 5.60 Å². The summed E-state index contributed by atoms with van der Waals surface area (Å²) in [6.45, 7) is 4.41. The van der Waals surface area contributed by atoms with E-state index in [9.17, 15) is 0 Å². The van der Waals surface area contributed by atoms with Crippen LogP contribution in [0.1, 0.15) is 49.8 Å². The largest absolute Gasteiger partial charge is 0.487 e. The van der Waals surface area contributed by atoms with E-state index < -0.39 is 0 Å². The number of benzene rings is 1. The first-order chi connectivity index (χ1) is 8.11. The van der Waals surface area contributed by atoms with Gasteiger partial charge in [0.1, 0.15) is 11.4 Å². The van der Waals surface area contributed by atoms with Crippen molar-refractivity contribution >= 4 is 0 Å². The molecule has 2 unspecified atom stereocenters. The molecule has 1 aliphatic carbocycles. The first-order valence-corrected chi connectivity index (χ1v) is 6.66. The second kappa shape index (κ2) is 3.74. The Morgan fingerprint density at radius 1 is 1.41 bits per heavy atom. The Bertz CT molecular complexity index is 443. The minimum Gasteiger partial charge on any atom is -0.487 e. The summed E-state index contributed by atoms with van der Waals surface area (Å²) < 4.78 is 6.34. The van der Waals surface area contributed by atoms with E-state index in [2.05, 4.69) is 32.0 Å². The van der Waals surface area contributed by atoms with Crippen LogP contribution in [0.25, 0.3) is 0 Å². The van der Waals surface area contributed by atoms with Crippen molar-refractivity contribution in [2.75, 3.05) is 0 Å². The van der Waals surface area contributed by atoms with Crippen LogP contribution in [0.4, 0.5) is 0 Å². The maximum atomic E-state index is 6.35. The highest BCUT2D eigenvalue weighted by Gasteiger charge is 2.46. The van der Waals surface area contributed by atoms with E-state index >= 15 is 0 Å². The van der Waals surface area contributed by atoms with Crippen molar-refractivity contribution < 1.29 is 4.74 Å². The number of nitrogens with two attached hydrogens (primary N) is 1. The molecule has 2 N–H and O–H groups in total. The minimum atomic E-state index is 0.0156. The summed E-state index contributed by atoms with van der Waals surface area (Å²) in [7, 11) is 0. The molecule has 3 atom stereocenters. The highest BCUT2D eigenvalue weighted by atomic mass is 16.5. The molecule has 0 radical (unpaired) electrons. The normalized spacial score (nSPS) is 35.7. The van der Waals surface area contributed by atoms with Crippen molar-refractivity contribution in [1.82, 2.24) is 0 Å². The molecule has 92 valence electrons. The predicted molar refractivity (Wildman–Crippen MR) is 69.1 cm³/mol. The van der Waals surface area contributed by atoms with Gasteiger partial charge >= 0.3 is 0 Å². The predicted octanol–water partition coefficient (Wildman–Crippen LogP) is 3.34. The van der Waals surface area contributed by atoms with Crippen LogP contribution in [0.15, 0.2) is 18.2 Å². The van der Waals surface area contributed by atoms with E-state index in [4.69, 9.17) is 10.5 Å². The molecule has 2 nitrogen and oxygen atoms in total. The summed E-state index contributed by atoms with van der Waals surface area (Å²) in [5.41, 5.74) is 8.82. The molecule has 0 amide bonds. The lowest BCUT2D eigenvalue weighted by atomic mass is 9.81. The maximum Gasteiger partial charge on any atom is 0.124 e. The smallest absolute Gasteiger partial charge is 0.124 e. The Labute approximate surface area is 103 Å². The topological polar surface area (TPSA) is 35.2 Å². The molecule has 1 aliphatic heterocycles. The molecule has 0 bridgehead atoms. The molecule has 1 spiro atoms. The van der Waals surface area contributed by atoms with Crippen LogP contribution in [0, 0.1) is 12.8 Å². The Morgan fingerprint density at radius 2 is 2.24 bits per heavy atom. The van der Waals surface area contributed by atoms with Crippen LogP contribution in [0.2, 0.25) is 0 Å². The van der Waals surface area contributed by atoms with Crippen molar-refractivity contribution in [3.8, 4) is 5.75 Å². The van der Waals surface area contributed by atoms with Crippen LogP contribution in [0.3, 0.4) is 0 Å². The molecule has 1 fully saturated rings. The molecular weight excluding hydrogens is 210 g/mol. The summed E-state index contributed by atoms with van der Waals surface area (Å²) in [6, 6.07) is 6.52. The third-order valence-corrected chi connectivity index (χ3v) is 4.58. The van der Waals surface area contributed by atoms with Gasteiger partial charge in [-0.1, -0.05) is 24.6 Å². The lowest BCUT2D eigenvalue weighted by Gasteiger charge is -2.41. The summed E-state index contributed by atoms with van der Waals surface area (Å²) in [4.78, 5) is 0. The SMILES string of the molecule is Cc1ccc2c(c1)[C@H](N)CC1(CCCC1C)O2. The van der Waals surface area contributed by atoms with Gasteiger partial charge in [0.15, 0.2) is 0 Å². The third-order valence-electron chi connectivity index (χ3n) is 4.58. The van der Waals surface area contributed by atoms with Gasteiger partial charge in [0.2, 0.25) is 0 Å². The van der Waals surface area contributed by atoms with Gasteiger partial charge in [-0.05, 0) is 38.2 Å². The number of hydrogen-bond donors (Lipinski definition) is 1. The van der Waals surface area contributed by atoms with Crippen LogP contribution in [-0.2, 0) is 0 Å². The number of fused-ring (bicyclic) bond motifs is 1. The van der Waals surface area contributed by atoms with E-state index in [0.29, 0.717) is 5.92 Å². The Morgan fingerprint density at radius 3 is 2.94 bits per heavy atom. The lowest BCUT2D eigenvalue weighted by molar-refractivity contribution is 0.00665. The van der Waals surface area contributed by atoms with Gasteiger partial charge in [-0.2, -0.15) is 0 Å². The summed E-state index contributed by atoms with van der Waals surface area (Å²) in [5, 5.41) is 0. The zero-order chi connectivity index (χ0) is 12.0. The highest BCUT2D eigenvalue weighted by Crippen LogP contribution is 2.49. The lowest BCUT2D eigenvalue weighted by Crippen LogP contribution is -2.44. The van der Waals surface area contributed by atoms with Gasteiger partial charge in [0.05, 0.1) is 0 Å². The van der Waals surface area contributed by atoms with Gasteiger partial charge < -0.3 is 10.5 Å². The standard InChI is InChI=1S/C15H21NO/c1-10-5-6-14-12(8-10)13(16)9-15(17-14)7-3-4-11(15)2/h5-6,8,11,13H,3-4,7,9,16H2,1-2H3/t11?,13-,15?/m1/s1. The van der Waals surface area contributed by atoms with E-state index in [1.54, 1.807) is 0 Å². The van der Waals surface area contributed by atoms with Gasteiger partial charge in [0, 0.05) is 18.0 Å². The molecule has 1 saturated carbocycles. The highest BCUT2D eigenvalue weighted by molar-refractivity contribution is 5.41. The maximum absolute atomic E-state index is 6.35. The van der Waals surface area contributed by atoms with Gasteiger partial charge in [-0.25, -0.2) is 0 Å². The van der Waals surface area contributed by atoms with Crippen molar-refractivity contribution in [3.05, 3.63) is 29.3 Å². The van der Waals surface area contributed by atoms with E-state index in [1.807, 2.05) is 0 Å². The molecule has 1 aromatic rings. The van der Waals surface area contributed by atoms with E-state index in [0.717, 1.165) is 18.6 Å². The quantitative estimate of drug-likeness (QED) is 0.743. The summed E-state index contributed by atoms with van der Waals surface area (Å²) in [5.74, 6) is 1.64. The molecule has 2 aliphatic rings. The molecular formula is C15H21NO. The Kier molecular flexibility index (Phi) is 2.44. The van der Waals surface area contributed by atoms with Gasteiger partial charge in [-0.3, -0.25) is 0 Å². The minimum absolute atomic E-state index is 0.0156. The average molecular weight is 231 g/mol. The fraction of sp³-hybridized carbons (Fsp3) is 0.600. The summed E-state index contributed by atoms with van der Waals surface area (Å²) >= 11 is 0. The van der Waals surface area contributed by atoms with Crippen molar-refractivity contribution in [2.24, 2.45) is 11.7 Å². The zero-order valence-electron chi connectivity index (χ0n) is 10.7. The molecule has 3 rings (SSSR count). The number of rotatable bonds is 0. The van der Waals surface area contributed by atoms with Gasteiger partial charge in [-0.15, -0.1) is 0 Å². The number of hydrogen-bond acceptors (Lipinski definition) is 2. The average Bonchev–Trinajstić information content (AvgIpc) is 2.62. The van der Waals surface area contributed by atoms with Crippen LogP contribution < -0.4 is 10.5 Å². The molecule has 1 aromatic carbocycles. The monoisotopic (exact) mass is 231 g/mol. The molecule has 0 aromatic heterocycles.